The Balaban J connectivity index is 1.87. The highest BCUT2D eigenvalue weighted by atomic mass is 32.1. The second kappa shape index (κ2) is 5.61. The van der Waals surface area contributed by atoms with Crippen LogP contribution < -0.4 is 5.73 Å². The Morgan fingerprint density at radius 3 is 3.27 bits per heavy atom. The van der Waals surface area contributed by atoms with Gasteiger partial charge in [-0.2, -0.15) is 0 Å². The fraction of sp³-hybridized carbons (Fsp3) is 0.636. The van der Waals surface area contributed by atoms with Crippen molar-refractivity contribution in [3.63, 3.8) is 0 Å². The Kier molecular flexibility index (Phi) is 4.14. The van der Waals surface area contributed by atoms with Gasteiger partial charge in [0.2, 0.25) is 0 Å². The first kappa shape index (κ1) is 11.1. The van der Waals surface area contributed by atoms with Gasteiger partial charge < -0.3 is 10.5 Å². The van der Waals surface area contributed by atoms with Gasteiger partial charge in [-0.25, -0.2) is 0 Å². The van der Waals surface area contributed by atoms with Gasteiger partial charge in [-0.05, 0) is 31.0 Å². The van der Waals surface area contributed by atoms with Gasteiger partial charge >= 0.3 is 0 Å². The van der Waals surface area contributed by atoms with Crippen LogP contribution in [0.3, 0.4) is 0 Å². The summed E-state index contributed by atoms with van der Waals surface area (Å²) in [6.07, 6.45) is 1.36. The predicted octanol–water partition coefficient (Wildman–Crippen LogP) is 1.47. The van der Waals surface area contributed by atoms with Crippen LogP contribution in [0.15, 0.2) is 17.5 Å². The number of morpholine rings is 1. The van der Waals surface area contributed by atoms with Gasteiger partial charge in [-0.3, -0.25) is 4.90 Å². The van der Waals surface area contributed by atoms with E-state index < -0.39 is 0 Å². The number of rotatable bonds is 4. The average Bonchev–Trinajstić information content (AvgIpc) is 2.80. The third-order valence-corrected chi connectivity index (χ3v) is 3.65. The summed E-state index contributed by atoms with van der Waals surface area (Å²) in [7, 11) is 0. The van der Waals surface area contributed by atoms with Gasteiger partial charge in [0.1, 0.15) is 6.10 Å². The molecule has 1 aromatic rings. The average molecular weight is 226 g/mol. The van der Waals surface area contributed by atoms with E-state index in [4.69, 9.17) is 10.5 Å². The molecule has 4 heteroatoms. The third kappa shape index (κ3) is 3.01. The minimum atomic E-state index is 0.275. The quantitative estimate of drug-likeness (QED) is 0.845. The van der Waals surface area contributed by atoms with Crippen molar-refractivity contribution < 1.29 is 4.74 Å². The van der Waals surface area contributed by atoms with Gasteiger partial charge in [0.25, 0.3) is 0 Å². The molecule has 0 aliphatic carbocycles. The Labute approximate surface area is 94.8 Å². The van der Waals surface area contributed by atoms with Crippen LogP contribution in [-0.2, 0) is 4.74 Å². The lowest BCUT2D eigenvalue weighted by atomic mass is 10.2. The van der Waals surface area contributed by atoms with Crippen LogP contribution in [0.5, 0.6) is 0 Å². The molecule has 0 amide bonds. The van der Waals surface area contributed by atoms with Crippen molar-refractivity contribution >= 4 is 11.3 Å². The number of nitrogens with zero attached hydrogens (tertiary/aromatic N) is 1. The fourth-order valence-electron chi connectivity index (χ4n) is 1.87. The highest BCUT2D eigenvalue weighted by Gasteiger charge is 2.21. The van der Waals surface area contributed by atoms with E-state index in [0.29, 0.717) is 0 Å². The standard InChI is InChI=1S/C11H18N2OS/c12-4-2-5-13-6-7-14-10(9-13)11-3-1-8-15-11/h1,3,8,10H,2,4-7,9,12H2. The second-order valence-corrected chi connectivity index (χ2v) is 4.80. The van der Waals surface area contributed by atoms with E-state index in [1.165, 1.54) is 4.88 Å². The van der Waals surface area contributed by atoms with Crippen LogP contribution in [0.25, 0.3) is 0 Å². The molecule has 1 saturated heterocycles. The molecule has 84 valence electrons. The van der Waals surface area contributed by atoms with Crippen LogP contribution in [0.1, 0.15) is 17.4 Å². The van der Waals surface area contributed by atoms with Gasteiger partial charge in [0, 0.05) is 18.0 Å². The largest absolute Gasteiger partial charge is 0.370 e. The number of hydrogen-bond acceptors (Lipinski definition) is 4. The summed E-state index contributed by atoms with van der Waals surface area (Å²) in [4.78, 5) is 3.79. The first-order chi connectivity index (χ1) is 7.40. The first-order valence-corrected chi connectivity index (χ1v) is 6.35. The Hall–Kier alpha value is -0.420. The Morgan fingerprint density at radius 2 is 2.53 bits per heavy atom. The van der Waals surface area contributed by atoms with Crippen LogP contribution in [-0.4, -0.2) is 37.7 Å². The van der Waals surface area contributed by atoms with E-state index >= 15 is 0 Å². The molecule has 1 unspecified atom stereocenters. The molecule has 2 N–H and O–H groups in total. The monoisotopic (exact) mass is 226 g/mol. The van der Waals surface area contributed by atoms with Crippen molar-refractivity contribution in [2.45, 2.75) is 12.5 Å². The molecule has 2 rings (SSSR count). The smallest absolute Gasteiger partial charge is 0.104 e. The molecule has 0 aromatic carbocycles. The van der Waals surface area contributed by atoms with Gasteiger partial charge in [0.15, 0.2) is 0 Å². The van der Waals surface area contributed by atoms with Crippen molar-refractivity contribution in [3.05, 3.63) is 22.4 Å². The molecule has 15 heavy (non-hydrogen) atoms. The lowest BCUT2D eigenvalue weighted by Crippen LogP contribution is -2.39. The molecule has 0 spiro atoms. The second-order valence-electron chi connectivity index (χ2n) is 3.82. The highest BCUT2D eigenvalue weighted by molar-refractivity contribution is 7.10. The van der Waals surface area contributed by atoms with Crippen LogP contribution in [0, 0.1) is 0 Å². The molecule has 1 aromatic heterocycles. The molecule has 1 aliphatic rings. The van der Waals surface area contributed by atoms with E-state index in [-0.39, 0.29) is 6.10 Å². The molecule has 0 bridgehead atoms. The molecular weight excluding hydrogens is 208 g/mol. The summed E-state index contributed by atoms with van der Waals surface area (Å²) in [6, 6.07) is 4.24. The molecule has 1 atom stereocenters. The van der Waals surface area contributed by atoms with E-state index in [0.717, 1.165) is 39.2 Å². The summed E-state index contributed by atoms with van der Waals surface area (Å²) >= 11 is 1.78. The molecule has 0 radical (unpaired) electrons. The van der Waals surface area contributed by atoms with Crippen molar-refractivity contribution in [2.75, 3.05) is 32.8 Å². The highest BCUT2D eigenvalue weighted by Crippen LogP contribution is 2.25. The summed E-state index contributed by atoms with van der Waals surface area (Å²) in [5, 5.41) is 2.11. The van der Waals surface area contributed by atoms with Gasteiger partial charge in [0.05, 0.1) is 6.61 Å². The van der Waals surface area contributed by atoms with Crippen molar-refractivity contribution in [3.8, 4) is 0 Å². The van der Waals surface area contributed by atoms with Gasteiger partial charge in [-0.15, -0.1) is 11.3 Å². The molecule has 1 aliphatic heterocycles. The van der Waals surface area contributed by atoms with E-state index in [2.05, 4.69) is 22.4 Å². The van der Waals surface area contributed by atoms with Crippen LogP contribution >= 0.6 is 11.3 Å². The van der Waals surface area contributed by atoms with Crippen LogP contribution in [0.2, 0.25) is 0 Å². The minimum Gasteiger partial charge on any atom is -0.370 e. The van der Waals surface area contributed by atoms with Crippen molar-refractivity contribution in [2.24, 2.45) is 5.73 Å². The Morgan fingerprint density at radius 1 is 1.60 bits per heavy atom. The van der Waals surface area contributed by atoms with Crippen molar-refractivity contribution in [1.29, 1.82) is 0 Å². The Bertz CT molecular complexity index is 276. The summed E-state index contributed by atoms with van der Waals surface area (Å²) in [5.74, 6) is 0. The van der Waals surface area contributed by atoms with Gasteiger partial charge in [-0.1, -0.05) is 6.07 Å². The topological polar surface area (TPSA) is 38.5 Å². The third-order valence-electron chi connectivity index (χ3n) is 2.69. The maximum Gasteiger partial charge on any atom is 0.104 e. The maximum absolute atomic E-state index is 5.77. The lowest BCUT2D eigenvalue weighted by Gasteiger charge is -2.32. The zero-order chi connectivity index (χ0) is 10.5. The predicted molar refractivity (Wildman–Crippen MR) is 63.1 cm³/mol. The van der Waals surface area contributed by atoms with E-state index in [1.807, 2.05) is 0 Å². The molecule has 2 heterocycles. The molecule has 1 fully saturated rings. The fourth-order valence-corrected chi connectivity index (χ4v) is 2.63. The van der Waals surface area contributed by atoms with Crippen molar-refractivity contribution in [1.82, 2.24) is 4.90 Å². The summed E-state index contributed by atoms with van der Waals surface area (Å²) in [6.45, 7) is 4.78. The molecular formula is C11H18N2OS. The first-order valence-electron chi connectivity index (χ1n) is 5.47. The summed E-state index contributed by atoms with van der Waals surface area (Å²) in [5.41, 5.74) is 5.52. The molecule has 3 nitrogen and oxygen atoms in total. The maximum atomic E-state index is 5.77. The number of hydrogen-bond donors (Lipinski definition) is 1. The number of ether oxygens (including phenoxy) is 1. The van der Waals surface area contributed by atoms with Crippen LogP contribution in [0.4, 0.5) is 0 Å². The lowest BCUT2D eigenvalue weighted by molar-refractivity contribution is -0.0282. The normalized spacial score (nSPS) is 23.1. The van der Waals surface area contributed by atoms with E-state index in [9.17, 15) is 0 Å². The van der Waals surface area contributed by atoms with E-state index in [1.54, 1.807) is 11.3 Å². The number of thiophene rings is 1. The zero-order valence-corrected chi connectivity index (χ0v) is 9.71. The minimum absolute atomic E-state index is 0.275. The molecule has 0 saturated carbocycles. The SMILES string of the molecule is NCCCN1CCOC(c2cccs2)C1. The summed E-state index contributed by atoms with van der Waals surface area (Å²) < 4.78 is 5.77. The zero-order valence-electron chi connectivity index (χ0n) is 8.89. The number of nitrogens with two attached hydrogens (primary N) is 1.